The van der Waals surface area contributed by atoms with E-state index in [1.54, 1.807) is 6.20 Å². The molecule has 0 fully saturated rings. The van der Waals surface area contributed by atoms with Crippen LogP contribution in [0.25, 0.3) is 66.0 Å². The van der Waals surface area contributed by atoms with Crippen molar-refractivity contribution in [2.75, 3.05) is 0 Å². The van der Waals surface area contributed by atoms with Gasteiger partial charge in [0.2, 0.25) is 0 Å². The van der Waals surface area contributed by atoms with Gasteiger partial charge in [-0.15, -0.1) is 53.6 Å². The molecule has 0 aliphatic rings. The van der Waals surface area contributed by atoms with Crippen molar-refractivity contribution in [1.29, 1.82) is 0 Å². The number of hydrogen-bond acceptors (Lipinski definition) is 3. The van der Waals surface area contributed by atoms with Crippen LogP contribution in [0.1, 0.15) is 25.3 Å². The predicted octanol–water partition coefficient (Wildman–Crippen LogP) is 10.4. The van der Waals surface area contributed by atoms with Crippen molar-refractivity contribution in [3.05, 3.63) is 145 Å². The molecule has 8 aromatic rings. The molecule has 0 unspecified atom stereocenters. The summed E-state index contributed by atoms with van der Waals surface area (Å²) in [5.41, 5.74) is 6.93. The Morgan fingerprint density at radius 3 is 2.21 bits per heavy atom. The van der Waals surface area contributed by atoms with Gasteiger partial charge in [-0.1, -0.05) is 91.5 Å². The van der Waals surface area contributed by atoms with Crippen LogP contribution in [0.4, 0.5) is 0 Å². The number of fused-ring (bicyclic) bond motifs is 6. The van der Waals surface area contributed by atoms with Crippen LogP contribution in [-0.4, -0.2) is 9.97 Å². The van der Waals surface area contributed by atoms with Crippen LogP contribution in [0.5, 0.6) is 0 Å². The Bertz CT molecular complexity index is 2130. The molecule has 3 aromatic heterocycles. The minimum Gasteiger partial charge on any atom is -0.500 e. The van der Waals surface area contributed by atoms with E-state index in [0.29, 0.717) is 5.92 Å². The Kier molecular flexibility index (Phi) is 8.15. The average Bonchev–Trinajstić information content (AvgIpc) is 3.43. The summed E-state index contributed by atoms with van der Waals surface area (Å²) in [5, 5.41) is 7.12. The standard InChI is InChI=1S/C28H20NO.C11H8N.Ir/c1-17(2)24-15-19(16-25-22-9-5-6-10-26(22)30-28(24)25)27-23-12-11-18-7-3-4-8-20(18)21(23)13-14-29-27;1-2-6-10(7-3-1)11-8-4-5-9-12-11;/h3-14,16-17H,1-2H3;1-6,8-9H;/q2*-1;. The molecule has 0 atom stereocenters. The summed E-state index contributed by atoms with van der Waals surface area (Å²) in [7, 11) is 0. The van der Waals surface area contributed by atoms with Crippen LogP contribution in [0.2, 0.25) is 0 Å². The van der Waals surface area contributed by atoms with Gasteiger partial charge in [0.25, 0.3) is 0 Å². The summed E-state index contributed by atoms with van der Waals surface area (Å²) in [4.78, 5) is 9.01. The molecule has 0 aliphatic carbocycles. The van der Waals surface area contributed by atoms with Gasteiger partial charge in [-0.25, -0.2) is 0 Å². The first kappa shape index (κ1) is 28.5. The molecular formula is C39H28IrN2O-2. The molecular weight excluding hydrogens is 705 g/mol. The largest absolute Gasteiger partial charge is 0.500 e. The number of furan rings is 1. The number of pyridine rings is 2. The van der Waals surface area contributed by atoms with Gasteiger partial charge in [0, 0.05) is 37.9 Å². The monoisotopic (exact) mass is 733 g/mol. The zero-order chi connectivity index (χ0) is 28.5. The van der Waals surface area contributed by atoms with Gasteiger partial charge in [-0.3, -0.25) is 0 Å². The first-order valence-electron chi connectivity index (χ1n) is 14.2. The Morgan fingerprint density at radius 2 is 1.42 bits per heavy atom. The van der Waals surface area contributed by atoms with Gasteiger partial charge in [-0.05, 0) is 57.0 Å². The maximum absolute atomic E-state index is 6.23. The fourth-order valence-electron chi connectivity index (χ4n) is 5.55. The second kappa shape index (κ2) is 12.3. The van der Waals surface area contributed by atoms with E-state index in [-0.39, 0.29) is 20.1 Å². The number of hydrogen-bond donors (Lipinski definition) is 0. The molecule has 3 heterocycles. The van der Waals surface area contributed by atoms with Crippen molar-refractivity contribution < 1.29 is 24.5 Å². The van der Waals surface area contributed by atoms with Crippen LogP contribution in [0.3, 0.4) is 0 Å². The van der Waals surface area contributed by atoms with Crippen molar-refractivity contribution >= 4 is 43.5 Å². The molecule has 1 radical (unpaired) electrons. The molecule has 5 aromatic carbocycles. The number of nitrogens with zero attached hydrogens (tertiary/aromatic N) is 2. The number of rotatable bonds is 3. The second-order valence-electron chi connectivity index (χ2n) is 10.6. The van der Waals surface area contributed by atoms with Crippen LogP contribution >= 0.6 is 0 Å². The Morgan fingerprint density at radius 1 is 0.628 bits per heavy atom. The Labute approximate surface area is 264 Å². The third kappa shape index (κ3) is 5.48. The third-order valence-corrected chi connectivity index (χ3v) is 7.59. The van der Waals surface area contributed by atoms with Crippen LogP contribution in [0, 0.1) is 12.1 Å². The molecule has 0 aliphatic heterocycles. The molecule has 0 bridgehead atoms. The van der Waals surface area contributed by atoms with Gasteiger partial charge >= 0.3 is 0 Å². The summed E-state index contributed by atoms with van der Waals surface area (Å²) in [6.45, 7) is 4.37. The second-order valence-corrected chi connectivity index (χ2v) is 10.6. The molecule has 0 saturated heterocycles. The average molecular weight is 733 g/mol. The van der Waals surface area contributed by atoms with Crippen LogP contribution in [-0.2, 0) is 20.1 Å². The molecule has 211 valence electrons. The van der Waals surface area contributed by atoms with Crippen LogP contribution in [0.15, 0.2) is 132 Å². The minimum atomic E-state index is 0. The van der Waals surface area contributed by atoms with E-state index in [0.717, 1.165) is 55.4 Å². The first-order chi connectivity index (χ1) is 20.7. The van der Waals surface area contributed by atoms with E-state index >= 15 is 0 Å². The Balaban J connectivity index is 0.000000213. The van der Waals surface area contributed by atoms with Crippen molar-refractivity contribution in [3.8, 4) is 22.5 Å². The molecule has 4 heteroatoms. The topological polar surface area (TPSA) is 38.9 Å². The summed E-state index contributed by atoms with van der Waals surface area (Å²) in [6.07, 6.45) is 3.70. The van der Waals surface area contributed by atoms with Crippen molar-refractivity contribution in [2.24, 2.45) is 0 Å². The normalized spacial score (nSPS) is 11.0. The number of benzene rings is 5. The van der Waals surface area contributed by atoms with E-state index in [1.165, 1.54) is 16.2 Å². The summed E-state index contributed by atoms with van der Waals surface area (Å²) in [5.74, 6) is 0.295. The van der Waals surface area contributed by atoms with E-state index in [1.807, 2.05) is 60.8 Å². The van der Waals surface area contributed by atoms with Gasteiger partial charge < -0.3 is 14.4 Å². The third-order valence-electron chi connectivity index (χ3n) is 7.59. The number of aromatic nitrogens is 2. The van der Waals surface area contributed by atoms with Gasteiger partial charge in [0.15, 0.2) is 0 Å². The maximum atomic E-state index is 6.23. The molecule has 0 amide bonds. The van der Waals surface area contributed by atoms with E-state index in [4.69, 9.17) is 9.40 Å². The van der Waals surface area contributed by atoms with Crippen LogP contribution < -0.4 is 0 Å². The predicted molar refractivity (Wildman–Crippen MR) is 173 cm³/mol. The first-order valence-corrected chi connectivity index (χ1v) is 14.2. The molecule has 0 spiro atoms. The quantitative estimate of drug-likeness (QED) is 0.134. The summed E-state index contributed by atoms with van der Waals surface area (Å²) >= 11 is 0. The Hall–Kier alpha value is -4.63. The summed E-state index contributed by atoms with van der Waals surface area (Å²) < 4.78 is 6.23. The minimum absolute atomic E-state index is 0. The summed E-state index contributed by atoms with van der Waals surface area (Å²) in [6, 6.07) is 45.9. The SMILES string of the molecule is CC(C)c1[c-]c(-c2nccc3c2ccc2ccccc23)cc2c1oc1ccccc12.[Ir].[c-]1ccccc1-c1ccccn1. The van der Waals surface area contributed by atoms with E-state index in [9.17, 15) is 0 Å². The zero-order valence-electron chi connectivity index (χ0n) is 23.8. The fourth-order valence-corrected chi connectivity index (χ4v) is 5.55. The maximum Gasteiger partial charge on any atom is 0.120 e. The molecule has 8 rings (SSSR count). The van der Waals surface area contributed by atoms with E-state index in [2.05, 4.69) is 91.6 Å². The molecule has 0 saturated carbocycles. The van der Waals surface area contributed by atoms with E-state index < -0.39 is 0 Å². The number of para-hydroxylation sites is 1. The molecule has 3 nitrogen and oxygen atoms in total. The van der Waals surface area contributed by atoms with Crippen molar-refractivity contribution in [2.45, 2.75) is 19.8 Å². The smallest absolute Gasteiger partial charge is 0.120 e. The van der Waals surface area contributed by atoms with Gasteiger partial charge in [0.1, 0.15) is 5.58 Å². The zero-order valence-corrected chi connectivity index (χ0v) is 26.2. The van der Waals surface area contributed by atoms with Crippen molar-refractivity contribution in [3.63, 3.8) is 0 Å². The fraction of sp³-hybridized carbons (Fsp3) is 0.0769. The van der Waals surface area contributed by atoms with Crippen molar-refractivity contribution in [1.82, 2.24) is 9.97 Å². The molecule has 43 heavy (non-hydrogen) atoms. The van der Waals surface area contributed by atoms with Gasteiger partial charge in [-0.2, -0.15) is 0 Å². The molecule has 0 N–H and O–H groups in total. The van der Waals surface area contributed by atoms with Gasteiger partial charge in [0.05, 0.1) is 5.58 Å².